The molecule has 1 aromatic carbocycles. The Kier molecular flexibility index (Phi) is 3.06. The van der Waals surface area contributed by atoms with Crippen LogP contribution >= 0.6 is 0 Å². The quantitative estimate of drug-likeness (QED) is 0.838. The van der Waals surface area contributed by atoms with Crippen LogP contribution in [0.2, 0.25) is 0 Å². The average molecular weight is 231 g/mol. The maximum absolute atomic E-state index is 9.81. The van der Waals surface area contributed by atoms with Gasteiger partial charge in [-0.15, -0.1) is 0 Å². The summed E-state index contributed by atoms with van der Waals surface area (Å²) < 4.78 is 0. The maximum Gasteiger partial charge on any atom is 0.119 e. The number of phenolic OH excluding ortho intramolecular Hbond substituents is 1. The van der Waals surface area contributed by atoms with Gasteiger partial charge in [0.1, 0.15) is 5.75 Å². The van der Waals surface area contributed by atoms with E-state index in [1.54, 1.807) is 0 Å². The van der Waals surface area contributed by atoms with Gasteiger partial charge in [0.15, 0.2) is 0 Å². The Morgan fingerprint density at radius 2 is 2.00 bits per heavy atom. The Balaban J connectivity index is 1.65. The molecule has 0 heterocycles. The SMILES string of the molecule is Oc1cccc2c1CCC2CNC1CCCC1. The first-order valence-corrected chi connectivity index (χ1v) is 6.89. The fourth-order valence-electron chi connectivity index (χ4n) is 3.37. The van der Waals surface area contributed by atoms with E-state index in [1.165, 1.54) is 43.2 Å². The molecule has 0 amide bonds. The molecule has 0 aromatic heterocycles. The first kappa shape index (κ1) is 11.1. The van der Waals surface area contributed by atoms with Gasteiger partial charge in [-0.05, 0) is 48.8 Å². The van der Waals surface area contributed by atoms with E-state index in [0.717, 1.165) is 19.0 Å². The predicted molar refractivity (Wildman–Crippen MR) is 69.4 cm³/mol. The fraction of sp³-hybridized carbons (Fsp3) is 0.600. The molecule has 92 valence electrons. The van der Waals surface area contributed by atoms with Gasteiger partial charge < -0.3 is 10.4 Å². The molecule has 1 saturated carbocycles. The second-order valence-corrected chi connectivity index (χ2v) is 5.47. The summed E-state index contributed by atoms with van der Waals surface area (Å²) in [6.07, 6.45) is 7.70. The molecule has 0 saturated heterocycles. The molecule has 1 unspecified atom stereocenters. The number of benzene rings is 1. The summed E-state index contributed by atoms with van der Waals surface area (Å²) >= 11 is 0. The lowest BCUT2D eigenvalue weighted by Gasteiger charge is -2.17. The summed E-state index contributed by atoms with van der Waals surface area (Å²) in [5.41, 5.74) is 2.56. The highest BCUT2D eigenvalue weighted by Gasteiger charge is 2.25. The average Bonchev–Trinajstić information content (AvgIpc) is 2.95. The highest BCUT2D eigenvalue weighted by Crippen LogP contribution is 2.37. The van der Waals surface area contributed by atoms with Crippen molar-refractivity contribution in [1.82, 2.24) is 5.32 Å². The van der Waals surface area contributed by atoms with Crippen LogP contribution in [0.4, 0.5) is 0 Å². The van der Waals surface area contributed by atoms with Gasteiger partial charge in [0.05, 0.1) is 0 Å². The van der Waals surface area contributed by atoms with Crippen molar-refractivity contribution < 1.29 is 5.11 Å². The van der Waals surface area contributed by atoms with Crippen molar-refractivity contribution in [3.63, 3.8) is 0 Å². The first-order valence-electron chi connectivity index (χ1n) is 6.89. The molecule has 0 bridgehead atoms. The Morgan fingerprint density at radius 1 is 1.18 bits per heavy atom. The normalized spacial score (nSPS) is 24.1. The van der Waals surface area contributed by atoms with Crippen LogP contribution in [0.5, 0.6) is 5.75 Å². The summed E-state index contributed by atoms with van der Waals surface area (Å²) in [5, 5.41) is 13.5. The number of phenols is 1. The summed E-state index contributed by atoms with van der Waals surface area (Å²) in [5.74, 6) is 1.10. The van der Waals surface area contributed by atoms with Gasteiger partial charge in [-0.3, -0.25) is 0 Å². The monoisotopic (exact) mass is 231 g/mol. The first-order chi connectivity index (χ1) is 8.34. The van der Waals surface area contributed by atoms with Crippen molar-refractivity contribution in [2.75, 3.05) is 6.54 Å². The van der Waals surface area contributed by atoms with Crippen molar-refractivity contribution in [3.05, 3.63) is 29.3 Å². The van der Waals surface area contributed by atoms with Gasteiger partial charge in [0.2, 0.25) is 0 Å². The lowest BCUT2D eigenvalue weighted by atomic mass is 10.0. The zero-order valence-corrected chi connectivity index (χ0v) is 10.3. The molecule has 0 aliphatic heterocycles. The van der Waals surface area contributed by atoms with E-state index in [1.807, 2.05) is 12.1 Å². The van der Waals surface area contributed by atoms with E-state index in [0.29, 0.717) is 11.7 Å². The minimum atomic E-state index is 0.492. The van der Waals surface area contributed by atoms with Crippen LogP contribution in [-0.2, 0) is 6.42 Å². The Morgan fingerprint density at radius 3 is 2.82 bits per heavy atom. The Hall–Kier alpha value is -1.02. The van der Waals surface area contributed by atoms with E-state index >= 15 is 0 Å². The summed E-state index contributed by atoms with van der Waals surface area (Å²) in [6.45, 7) is 1.08. The van der Waals surface area contributed by atoms with Crippen LogP contribution in [0.1, 0.15) is 49.1 Å². The van der Waals surface area contributed by atoms with Gasteiger partial charge in [0.25, 0.3) is 0 Å². The van der Waals surface area contributed by atoms with Gasteiger partial charge >= 0.3 is 0 Å². The largest absolute Gasteiger partial charge is 0.508 e. The van der Waals surface area contributed by atoms with Crippen LogP contribution in [-0.4, -0.2) is 17.7 Å². The highest BCUT2D eigenvalue weighted by atomic mass is 16.3. The van der Waals surface area contributed by atoms with Crippen molar-refractivity contribution in [2.45, 2.75) is 50.5 Å². The second-order valence-electron chi connectivity index (χ2n) is 5.47. The lowest BCUT2D eigenvalue weighted by molar-refractivity contribution is 0.469. The van der Waals surface area contributed by atoms with Crippen molar-refractivity contribution in [3.8, 4) is 5.75 Å². The Labute approximate surface area is 103 Å². The molecular formula is C15H21NO. The molecule has 2 heteroatoms. The van der Waals surface area contributed by atoms with E-state index in [9.17, 15) is 5.11 Å². The molecule has 17 heavy (non-hydrogen) atoms. The second kappa shape index (κ2) is 4.69. The number of fused-ring (bicyclic) bond motifs is 1. The molecule has 3 rings (SSSR count). The van der Waals surface area contributed by atoms with Crippen molar-refractivity contribution in [2.24, 2.45) is 0 Å². The van der Waals surface area contributed by atoms with Gasteiger partial charge in [0, 0.05) is 12.6 Å². The molecule has 1 aromatic rings. The molecule has 0 spiro atoms. The standard InChI is InChI=1S/C15H21NO/c17-15-7-3-6-13-11(8-9-14(13)15)10-16-12-4-1-2-5-12/h3,6-7,11-12,16-17H,1-2,4-5,8-10H2. The van der Waals surface area contributed by atoms with Crippen LogP contribution < -0.4 is 5.32 Å². The number of hydrogen-bond acceptors (Lipinski definition) is 2. The number of aromatic hydroxyl groups is 1. The zero-order chi connectivity index (χ0) is 11.7. The molecule has 0 radical (unpaired) electrons. The number of rotatable bonds is 3. The molecule has 2 N–H and O–H groups in total. The van der Waals surface area contributed by atoms with Gasteiger partial charge in [-0.1, -0.05) is 25.0 Å². The highest BCUT2D eigenvalue weighted by molar-refractivity contribution is 5.44. The van der Waals surface area contributed by atoms with E-state index in [2.05, 4.69) is 11.4 Å². The molecule has 2 nitrogen and oxygen atoms in total. The van der Waals surface area contributed by atoms with E-state index < -0.39 is 0 Å². The van der Waals surface area contributed by atoms with Crippen molar-refractivity contribution in [1.29, 1.82) is 0 Å². The van der Waals surface area contributed by atoms with Crippen LogP contribution in [0.25, 0.3) is 0 Å². The van der Waals surface area contributed by atoms with Gasteiger partial charge in [-0.2, -0.15) is 0 Å². The van der Waals surface area contributed by atoms with E-state index in [-0.39, 0.29) is 0 Å². The molecule has 1 atom stereocenters. The molecule has 1 fully saturated rings. The minimum Gasteiger partial charge on any atom is -0.508 e. The third-order valence-electron chi connectivity index (χ3n) is 4.38. The predicted octanol–water partition coefficient (Wildman–Crippen LogP) is 2.95. The zero-order valence-electron chi connectivity index (χ0n) is 10.3. The van der Waals surface area contributed by atoms with E-state index in [4.69, 9.17) is 0 Å². The summed E-state index contributed by atoms with van der Waals surface area (Å²) in [4.78, 5) is 0. The topological polar surface area (TPSA) is 32.3 Å². The third kappa shape index (κ3) is 2.19. The number of hydrogen-bond donors (Lipinski definition) is 2. The summed E-state index contributed by atoms with van der Waals surface area (Å²) in [7, 11) is 0. The molecule has 2 aliphatic carbocycles. The van der Waals surface area contributed by atoms with Crippen LogP contribution in [0, 0.1) is 0 Å². The fourth-order valence-corrected chi connectivity index (χ4v) is 3.37. The lowest BCUT2D eigenvalue weighted by Crippen LogP contribution is -2.29. The van der Waals surface area contributed by atoms with Crippen LogP contribution in [0.15, 0.2) is 18.2 Å². The van der Waals surface area contributed by atoms with Crippen LogP contribution in [0.3, 0.4) is 0 Å². The number of nitrogens with one attached hydrogen (secondary N) is 1. The summed E-state index contributed by atoms with van der Waals surface area (Å²) in [6, 6.07) is 6.72. The maximum atomic E-state index is 9.81. The smallest absolute Gasteiger partial charge is 0.119 e. The van der Waals surface area contributed by atoms with Crippen molar-refractivity contribution >= 4 is 0 Å². The van der Waals surface area contributed by atoms with Gasteiger partial charge in [-0.25, -0.2) is 0 Å². The minimum absolute atomic E-state index is 0.492. The molecule has 2 aliphatic rings. The Bertz CT molecular complexity index is 396. The molecular weight excluding hydrogens is 210 g/mol. The third-order valence-corrected chi connectivity index (χ3v) is 4.38.